The van der Waals surface area contributed by atoms with Crippen molar-refractivity contribution in [3.8, 4) is 0 Å². The molecule has 1 aromatic carbocycles. The Morgan fingerprint density at radius 3 is 2.67 bits per heavy atom. The SMILES string of the molecule is Cc1ccoc1C(=O)NCCCc1ccccc1. The molecule has 0 aliphatic heterocycles. The Kier molecular flexibility index (Phi) is 4.18. The zero-order valence-electron chi connectivity index (χ0n) is 10.5. The van der Waals surface area contributed by atoms with E-state index >= 15 is 0 Å². The van der Waals surface area contributed by atoms with Gasteiger partial charge in [0.2, 0.25) is 0 Å². The van der Waals surface area contributed by atoms with Crippen molar-refractivity contribution >= 4 is 5.91 Å². The number of aryl methyl sites for hydroxylation is 2. The Bertz CT molecular complexity index is 502. The second kappa shape index (κ2) is 6.05. The quantitative estimate of drug-likeness (QED) is 0.820. The van der Waals surface area contributed by atoms with E-state index in [1.807, 2.05) is 25.1 Å². The normalized spacial score (nSPS) is 10.3. The van der Waals surface area contributed by atoms with Gasteiger partial charge >= 0.3 is 0 Å². The van der Waals surface area contributed by atoms with Gasteiger partial charge in [0.25, 0.3) is 5.91 Å². The molecular formula is C15H17NO2. The van der Waals surface area contributed by atoms with Crippen LogP contribution >= 0.6 is 0 Å². The largest absolute Gasteiger partial charge is 0.459 e. The van der Waals surface area contributed by atoms with Crippen molar-refractivity contribution in [2.75, 3.05) is 6.54 Å². The van der Waals surface area contributed by atoms with E-state index in [1.165, 1.54) is 11.8 Å². The lowest BCUT2D eigenvalue weighted by Gasteiger charge is -2.04. The van der Waals surface area contributed by atoms with Crippen LogP contribution in [0.15, 0.2) is 47.1 Å². The van der Waals surface area contributed by atoms with Gasteiger partial charge in [0.05, 0.1) is 6.26 Å². The van der Waals surface area contributed by atoms with Gasteiger partial charge in [-0.1, -0.05) is 30.3 Å². The number of nitrogens with one attached hydrogen (secondary N) is 1. The standard InChI is InChI=1S/C15H17NO2/c1-12-9-11-18-14(12)15(17)16-10-5-8-13-6-3-2-4-7-13/h2-4,6-7,9,11H,5,8,10H2,1H3,(H,16,17). The van der Waals surface area contributed by atoms with Crippen molar-refractivity contribution in [1.29, 1.82) is 0 Å². The molecular weight excluding hydrogens is 226 g/mol. The van der Waals surface area contributed by atoms with E-state index in [0.29, 0.717) is 12.3 Å². The van der Waals surface area contributed by atoms with Crippen molar-refractivity contribution in [3.63, 3.8) is 0 Å². The van der Waals surface area contributed by atoms with Crippen LogP contribution in [0.4, 0.5) is 0 Å². The number of amides is 1. The second-order valence-corrected chi connectivity index (χ2v) is 4.28. The van der Waals surface area contributed by atoms with Gasteiger partial charge in [-0.3, -0.25) is 4.79 Å². The predicted octanol–water partition coefficient (Wildman–Crippen LogP) is 2.95. The van der Waals surface area contributed by atoms with Crippen molar-refractivity contribution in [3.05, 3.63) is 59.5 Å². The molecule has 3 heteroatoms. The minimum absolute atomic E-state index is 0.134. The van der Waals surface area contributed by atoms with E-state index in [1.54, 1.807) is 6.07 Å². The van der Waals surface area contributed by atoms with Crippen molar-refractivity contribution in [1.82, 2.24) is 5.32 Å². The van der Waals surface area contributed by atoms with Crippen LogP contribution in [0.3, 0.4) is 0 Å². The van der Waals surface area contributed by atoms with Crippen LogP contribution in [0.25, 0.3) is 0 Å². The molecule has 3 nitrogen and oxygen atoms in total. The molecule has 2 aromatic rings. The molecule has 2 rings (SSSR count). The van der Waals surface area contributed by atoms with E-state index in [4.69, 9.17) is 4.42 Å². The molecule has 0 bridgehead atoms. The number of benzene rings is 1. The summed E-state index contributed by atoms with van der Waals surface area (Å²) in [6, 6.07) is 12.0. The van der Waals surface area contributed by atoms with Gasteiger partial charge in [-0.05, 0) is 31.4 Å². The van der Waals surface area contributed by atoms with Crippen LogP contribution in [0.1, 0.15) is 28.1 Å². The van der Waals surface area contributed by atoms with Crippen molar-refractivity contribution in [2.45, 2.75) is 19.8 Å². The number of furan rings is 1. The summed E-state index contributed by atoms with van der Waals surface area (Å²) in [7, 11) is 0. The molecule has 1 N–H and O–H groups in total. The van der Waals surface area contributed by atoms with Gasteiger partial charge in [0, 0.05) is 12.1 Å². The molecule has 0 aliphatic rings. The third-order valence-electron chi connectivity index (χ3n) is 2.84. The third-order valence-corrected chi connectivity index (χ3v) is 2.84. The monoisotopic (exact) mass is 243 g/mol. The summed E-state index contributed by atoms with van der Waals surface area (Å²) in [5, 5.41) is 2.86. The predicted molar refractivity (Wildman–Crippen MR) is 70.5 cm³/mol. The van der Waals surface area contributed by atoms with E-state index in [0.717, 1.165) is 18.4 Å². The van der Waals surface area contributed by atoms with Crippen LogP contribution in [0, 0.1) is 6.92 Å². The fraction of sp³-hybridized carbons (Fsp3) is 0.267. The highest BCUT2D eigenvalue weighted by atomic mass is 16.3. The number of hydrogen-bond acceptors (Lipinski definition) is 2. The lowest BCUT2D eigenvalue weighted by molar-refractivity contribution is 0.0924. The Morgan fingerprint density at radius 1 is 1.22 bits per heavy atom. The molecule has 0 unspecified atom stereocenters. The van der Waals surface area contributed by atoms with Crippen LogP contribution < -0.4 is 5.32 Å². The number of rotatable bonds is 5. The number of carbonyl (C=O) groups excluding carboxylic acids is 1. The molecule has 0 radical (unpaired) electrons. The topological polar surface area (TPSA) is 42.2 Å². The van der Waals surface area contributed by atoms with Crippen LogP contribution in [0.5, 0.6) is 0 Å². The molecule has 1 amide bonds. The first kappa shape index (κ1) is 12.4. The van der Waals surface area contributed by atoms with Gasteiger partial charge in [-0.15, -0.1) is 0 Å². The minimum Gasteiger partial charge on any atom is -0.459 e. The first-order valence-electron chi connectivity index (χ1n) is 6.13. The summed E-state index contributed by atoms with van der Waals surface area (Å²) in [4.78, 5) is 11.7. The summed E-state index contributed by atoms with van der Waals surface area (Å²) < 4.78 is 5.13. The van der Waals surface area contributed by atoms with Gasteiger partial charge in [0.1, 0.15) is 0 Å². The van der Waals surface area contributed by atoms with Crippen LogP contribution in [0.2, 0.25) is 0 Å². The Labute approximate surface area is 107 Å². The maximum absolute atomic E-state index is 11.7. The Balaban J connectivity index is 1.73. The lowest BCUT2D eigenvalue weighted by Crippen LogP contribution is -2.24. The van der Waals surface area contributed by atoms with Crippen LogP contribution in [-0.4, -0.2) is 12.5 Å². The van der Waals surface area contributed by atoms with E-state index in [2.05, 4.69) is 17.4 Å². The van der Waals surface area contributed by atoms with Crippen LogP contribution in [-0.2, 0) is 6.42 Å². The van der Waals surface area contributed by atoms with Gasteiger partial charge < -0.3 is 9.73 Å². The molecule has 1 aromatic heterocycles. The number of hydrogen-bond donors (Lipinski definition) is 1. The summed E-state index contributed by atoms with van der Waals surface area (Å²) in [6.07, 6.45) is 3.43. The molecule has 0 saturated carbocycles. The van der Waals surface area contributed by atoms with Crippen molar-refractivity contribution < 1.29 is 9.21 Å². The first-order valence-corrected chi connectivity index (χ1v) is 6.13. The molecule has 0 saturated heterocycles. The smallest absolute Gasteiger partial charge is 0.287 e. The van der Waals surface area contributed by atoms with Gasteiger partial charge in [-0.2, -0.15) is 0 Å². The maximum atomic E-state index is 11.7. The van der Waals surface area contributed by atoms with E-state index < -0.39 is 0 Å². The summed E-state index contributed by atoms with van der Waals surface area (Å²) in [6.45, 7) is 2.52. The van der Waals surface area contributed by atoms with E-state index in [-0.39, 0.29) is 5.91 Å². The van der Waals surface area contributed by atoms with E-state index in [9.17, 15) is 4.79 Å². The molecule has 94 valence electrons. The fourth-order valence-electron chi connectivity index (χ4n) is 1.82. The third kappa shape index (κ3) is 3.23. The average molecular weight is 243 g/mol. The fourth-order valence-corrected chi connectivity index (χ4v) is 1.82. The zero-order valence-corrected chi connectivity index (χ0v) is 10.5. The molecule has 0 atom stereocenters. The van der Waals surface area contributed by atoms with Crippen molar-refractivity contribution in [2.24, 2.45) is 0 Å². The lowest BCUT2D eigenvalue weighted by atomic mass is 10.1. The molecule has 0 aliphatic carbocycles. The highest BCUT2D eigenvalue weighted by Crippen LogP contribution is 2.08. The molecule has 18 heavy (non-hydrogen) atoms. The highest BCUT2D eigenvalue weighted by Gasteiger charge is 2.11. The maximum Gasteiger partial charge on any atom is 0.287 e. The minimum atomic E-state index is -0.134. The number of carbonyl (C=O) groups is 1. The summed E-state index contributed by atoms with van der Waals surface area (Å²) >= 11 is 0. The second-order valence-electron chi connectivity index (χ2n) is 4.28. The molecule has 0 fully saturated rings. The summed E-state index contributed by atoms with van der Waals surface area (Å²) in [5.41, 5.74) is 2.16. The molecule has 1 heterocycles. The zero-order chi connectivity index (χ0) is 12.8. The first-order chi connectivity index (χ1) is 8.77. The summed E-state index contributed by atoms with van der Waals surface area (Å²) in [5.74, 6) is 0.278. The Morgan fingerprint density at radius 2 is 2.00 bits per heavy atom. The Hall–Kier alpha value is -2.03. The van der Waals surface area contributed by atoms with Gasteiger partial charge in [0.15, 0.2) is 5.76 Å². The molecule has 0 spiro atoms. The highest BCUT2D eigenvalue weighted by molar-refractivity contribution is 5.92. The van der Waals surface area contributed by atoms with Gasteiger partial charge in [-0.25, -0.2) is 0 Å². The average Bonchev–Trinajstić information content (AvgIpc) is 2.82.